The molecule has 0 aliphatic carbocycles. The van der Waals surface area contributed by atoms with Crippen molar-refractivity contribution in [1.29, 1.82) is 0 Å². The summed E-state index contributed by atoms with van der Waals surface area (Å²) in [6.45, 7) is 3.30. The van der Waals surface area contributed by atoms with E-state index in [1.165, 1.54) is 12.1 Å². The van der Waals surface area contributed by atoms with Gasteiger partial charge in [-0.05, 0) is 47.9 Å². The van der Waals surface area contributed by atoms with Crippen LogP contribution in [0.5, 0.6) is 5.75 Å². The molecule has 1 unspecified atom stereocenters. The fraction of sp³-hybridized carbons (Fsp3) is 0.194. The van der Waals surface area contributed by atoms with Crippen LogP contribution in [0.4, 0.5) is 0 Å². The second-order valence-electron chi connectivity index (χ2n) is 9.08. The van der Waals surface area contributed by atoms with Gasteiger partial charge in [0.05, 0.1) is 6.42 Å². The van der Waals surface area contributed by atoms with Crippen LogP contribution in [0.15, 0.2) is 114 Å². The third-order valence-corrected chi connectivity index (χ3v) is 7.35. The Kier molecular flexibility index (Phi) is 9.30. The van der Waals surface area contributed by atoms with Crippen molar-refractivity contribution in [3.8, 4) is 5.75 Å². The predicted octanol–water partition coefficient (Wildman–Crippen LogP) is 5.77. The summed E-state index contributed by atoms with van der Waals surface area (Å²) in [4.78, 5) is 12.8. The van der Waals surface area contributed by atoms with Gasteiger partial charge in [0.15, 0.2) is 0 Å². The highest BCUT2D eigenvalue weighted by molar-refractivity contribution is 7.87. The Labute approximate surface area is 224 Å². The minimum absolute atomic E-state index is 0.0938. The monoisotopic (exact) mass is 529 g/mol. The SMILES string of the molecule is Cc1ccc(S(=O)(=O)Oc2ccc(C(CNCc3ccccc3)CC(=O)OCc3ccccc3)cc2)cc1. The molecule has 0 aromatic heterocycles. The van der Waals surface area contributed by atoms with E-state index in [1.807, 2.05) is 67.6 Å². The van der Waals surface area contributed by atoms with Crippen LogP contribution in [0, 0.1) is 6.92 Å². The number of nitrogens with one attached hydrogen (secondary N) is 1. The quantitative estimate of drug-likeness (QED) is 0.185. The smallest absolute Gasteiger partial charge is 0.339 e. The minimum Gasteiger partial charge on any atom is -0.461 e. The molecule has 0 aliphatic rings. The molecule has 0 bridgehead atoms. The highest BCUT2D eigenvalue weighted by Crippen LogP contribution is 2.25. The summed E-state index contributed by atoms with van der Waals surface area (Å²) in [5, 5.41) is 3.42. The van der Waals surface area contributed by atoms with Crippen LogP contribution in [0.1, 0.15) is 34.6 Å². The van der Waals surface area contributed by atoms with E-state index in [2.05, 4.69) is 5.32 Å². The molecule has 38 heavy (non-hydrogen) atoms. The summed E-state index contributed by atoms with van der Waals surface area (Å²) < 4.78 is 36.2. The van der Waals surface area contributed by atoms with E-state index in [0.717, 1.165) is 22.3 Å². The van der Waals surface area contributed by atoms with Crippen LogP contribution >= 0.6 is 0 Å². The summed E-state index contributed by atoms with van der Waals surface area (Å²) in [5.41, 5.74) is 3.91. The first kappa shape index (κ1) is 27.1. The fourth-order valence-corrected chi connectivity index (χ4v) is 4.90. The molecule has 0 heterocycles. The highest BCUT2D eigenvalue weighted by atomic mass is 32.2. The summed E-state index contributed by atoms with van der Waals surface area (Å²) in [5.74, 6) is -0.274. The number of hydrogen-bond acceptors (Lipinski definition) is 6. The standard InChI is InChI=1S/C31H31NO5S/c1-24-12-18-30(19-13-24)38(34,35)37-29-16-14-27(15-17-29)28(22-32-21-25-8-4-2-5-9-25)20-31(33)36-23-26-10-6-3-7-11-26/h2-19,28,32H,20-23H2,1H3. The van der Waals surface area contributed by atoms with Crippen molar-refractivity contribution in [1.82, 2.24) is 5.32 Å². The maximum Gasteiger partial charge on any atom is 0.339 e. The summed E-state index contributed by atoms with van der Waals surface area (Å²) in [6.07, 6.45) is 0.177. The Morgan fingerprint density at radius 3 is 2.03 bits per heavy atom. The van der Waals surface area contributed by atoms with Crippen molar-refractivity contribution in [3.05, 3.63) is 131 Å². The Bertz CT molecular complexity index is 1410. The van der Waals surface area contributed by atoms with E-state index in [0.29, 0.717) is 13.1 Å². The normalized spacial score (nSPS) is 12.0. The molecule has 4 aromatic carbocycles. The molecule has 0 saturated heterocycles. The lowest BCUT2D eigenvalue weighted by Gasteiger charge is -2.18. The van der Waals surface area contributed by atoms with E-state index in [4.69, 9.17) is 8.92 Å². The lowest BCUT2D eigenvalue weighted by atomic mass is 9.95. The van der Waals surface area contributed by atoms with E-state index >= 15 is 0 Å². The number of rotatable bonds is 12. The number of benzene rings is 4. The first-order valence-electron chi connectivity index (χ1n) is 12.4. The molecule has 196 valence electrons. The van der Waals surface area contributed by atoms with Gasteiger partial charge in [0, 0.05) is 19.0 Å². The van der Waals surface area contributed by atoms with Crippen molar-refractivity contribution in [3.63, 3.8) is 0 Å². The maximum absolute atomic E-state index is 12.7. The Morgan fingerprint density at radius 2 is 1.39 bits per heavy atom. The van der Waals surface area contributed by atoms with E-state index in [1.54, 1.807) is 36.4 Å². The first-order valence-corrected chi connectivity index (χ1v) is 13.9. The van der Waals surface area contributed by atoms with Gasteiger partial charge in [-0.3, -0.25) is 4.79 Å². The lowest BCUT2D eigenvalue weighted by Crippen LogP contribution is -2.24. The van der Waals surface area contributed by atoms with Crippen LogP contribution in [0.2, 0.25) is 0 Å². The Morgan fingerprint density at radius 1 is 0.789 bits per heavy atom. The number of hydrogen-bond donors (Lipinski definition) is 1. The molecular formula is C31H31NO5S. The summed E-state index contributed by atoms with van der Waals surface area (Å²) in [6, 6.07) is 32.9. The topological polar surface area (TPSA) is 81.7 Å². The molecule has 0 spiro atoms. The van der Waals surface area contributed by atoms with E-state index in [-0.39, 0.29) is 35.6 Å². The van der Waals surface area contributed by atoms with Crippen molar-refractivity contribution < 1.29 is 22.1 Å². The lowest BCUT2D eigenvalue weighted by molar-refractivity contribution is -0.145. The summed E-state index contributed by atoms with van der Waals surface area (Å²) >= 11 is 0. The zero-order valence-corrected chi connectivity index (χ0v) is 22.1. The molecule has 0 saturated carbocycles. The second kappa shape index (κ2) is 13.0. The van der Waals surface area contributed by atoms with Gasteiger partial charge in [-0.25, -0.2) is 0 Å². The number of carbonyl (C=O) groups is 1. The number of ether oxygens (including phenoxy) is 1. The minimum atomic E-state index is -3.95. The van der Waals surface area contributed by atoms with Gasteiger partial charge in [-0.2, -0.15) is 8.42 Å². The molecule has 1 atom stereocenters. The van der Waals surface area contributed by atoms with Gasteiger partial charge in [-0.15, -0.1) is 0 Å². The zero-order valence-electron chi connectivity index (χ0n) is 21.2. The van der Waals surface area contributed by atoms with Gasteiger partial charge < -0.3 is 14.2 Å². The number of aryl methyl sites for hydroxylation is 1. The Hall–Kier alpha value is -3.94. The van der Waals surface area contributed by atoms with Crippen molar-refractivity contribution >= 4 is 16.1 Å². The van der Waals surface area contributed by atoms with Crippen LogP contribution in [0.3, 0.4) is 0 Å². The molecule has 7 heteroatoms. The highest BCUT2D eigenvalue weighted by Gasteiger charge is 2.20. The fourth-order valence-electron chi connectivity index (χ4n) is 3.97. The van der Waals surface area contributed by atoms with Crippen molar-refractivity contribution in [2.75, 3.05) is 6.54 Å². The van der Waals surface area contributed by atoms with Gasteiger partial charge in [-0.1, -0.05) is 90.5 Å². The van der Waals surface area contributed by atoms with Gasteiger partial charge in [0.2, 0.25) is 0 Å². The predicted molar refractivity (Wildman–Crippen MR) is 147 cm³/mol. The van der Waals surface area contributed by atoms with Gasteiger partial charge in [0.25, 0.3) is 0 Å². The molecule has 1 N–H and O–H groups in total. The molecule has 6 nitrogen and oxygen atoms in total. The van der Waals surface area contributed by atoms with Crippen molar-refractivity contribution in [2.24, 2.45) is 0 Å². The molecule has 0 fully saturated rings. The third kappa shape index (κ3) is 8.03. The van der Waals surface area contributed by atoms with Crippen LogP contribution in [-0.4, -0.2) is 20.9 Å². The van der Waals surface area contributed by atoms with Crippen LogP contribution in [-0.2, 0) is 32.8 Å². The largest absolute Gasteiger partial charge is 0.461 e. The van der Waals surface area contributed by atoms with Crippen molar-refractivity contribution in [2.45, 2.75) is 37.3 Å². The molecule has 0 amide bonds. The first-order chi connectivity index (χ1) is 18.4. The van der Waals surface area contributed by atoms with E-state index < -0.39 is 10.1 Å². The second-order valence-corrected chi connectivity index (χ2v) is 10.6. The number of carbonyl (C=O) groups excluding carboxylic acids is 1. The average molecular weight is 530 g/mol. The summed E-state index contributed by atoms with van der Waals surface area (Å²) in [7, 11) is -3.95. The third-order valence-electron chi connectivity index (χ3n) is 6.09. The molecule has 0 aliphatic heterocycles. The molecule has 4 aromatic rings. The molecule has 0 radical (unpaired) electrons. The zero-order chi connectivity index (χ0) is 26.8. The van der Waals surface area contributed by atoms with Gasteiger partial charge >= 0.3 is 16.1 Å². The maximum atomic E-state index is 12.7. The molecule has 4 rings (SSSR count). The average Bonchev–Trinajstić information content (AvgIpc) is 2.93. The Balaban J connectivity index is 1.43. The van der Waals surface area contributed by atoms with Crippen LogP contribution < -0.4 is 9.50 Å². The molecular weight excluding hydrogens is 498 g/mol. The van der Waals surface area contributed by atoms with Gasteiger partial charge in [0.1, 0.15) is 17.3 Å². The van der Waals surface area contributed by atoms with E-state index in [9.17, 15) is 13.2 Å². The van der Waals surface area contributed by atoms with Crippen LogP contribution in [0.25, 0.3) is 0 Å². The number of esters is 1.